The molecule has 0 aliphatic heterocycles. The molecule has 0 radical (unpaired) electrons. The number of nitrogens with zero attached hydrogens (tertiary/aromatic N) is 1. The van der Waals surface area contributed by atoms with Crippen LogP contribution in [-0.2, 0) is 0 Å². The Hall–Kier alpha value is -5.86. The number of hydrogen-bond acceptors (Lipinski definition) is 2. The van der Waals surface area contributed by atoms with Gasteiger partial charge in [-0.1, -0.05) is 6.07 Å². The fraction of sp³-hybridized carbons (Fsp3) is 0. The maximum absolute atomic E-state index is 6.45. The van der Waals surface area contributed by atoms with Gasteiger partial charge in [-0.15, -0.1) is 0 Å². The first kappa shape index (κ1) is 28.2. The van der Waals surface area contributed by atoms with Crippen molar-refractivity contribution in [2.75, 3.05) is 4.90 Å². The quantitative estimate of drug-likeness (QED) is 0.167. The second-order valence-electron chi connectivity index (χ2n) is 12.5. The SMILES string of the molecule is c1ccc(-c2ccccc2-c2cccc(N(c3ccc4c(c3)oc3ccccc34)c3cccc4ccc5c6ccccc6[se]c5c34)c2)cc1. The normalized spacial score (nSPS) is 11.7. The Labute approximate surface area is 289 Å². The van der Waals surface area contributed by atoms with Crippen molar-refractivity contribution >= 4 is 83.6 Å². The van der Waals surface area contributed by atoms with Crippen molar-refractivity contribution in [1.82, 2.24) is 0 Å². The maximum atomic E-state index is 6.45. The van der Waals surface area contributed by atoms with E-state index in [1.54, 1.807) is 0 Å². The third-order valence-corrected chi connectivity index (χ3v) is 12.2. The van der Waals surface area contributed by atoms with Gasteiger partial charge in [0, 0.05) is 0 Å². The Balaban J connectivity index is 1.24. The van der Waals surface area contributed by atoms with Crippen LogP contribution in [-0.4, -0.2) is 14.5 Å². The monoisotopic (exact) mass is 691 g/mol. The molecule has 2 nitrogen and oxygen atoms in total. The minimum absolute atomic E-state index is 0.201. The van der Waals surface area contributed by atoms with Gasteiger partial charge >= 0.3 is 285 Å². The molecule has 8 aromatic carbocycles. The molecule has 0 unspecified atom stereocenters. The fourth-order valence-electron chi connectivity index (χ4n) is 7.42. The van der Waals surface area contributed by atoms with Crippen molar-refractivity contribution in [3.8, 4) is 22.3 Å². The van der Waals surface area contributed by atoms with Gasteiger partial charge in [0.05, 0.1) is 0 Å². The number of anilines is 3. The van der Waals surface area contributed by atoms with Gasteiger partial charge in [0.1, 0.15) is 0 Å². The fourth-order valence-corrected chi connectivity index (χ4v) is 10.1. The van der Waals surface area contributed by atoms with Crippen LogP contribution < -0.4 is 4.90 Å². The molecule has 10 rings (SSSR count). The van der Waals surface area contributed by atoms with E-state index in [0.717, 1.165) is 33.3 Å². The van der Waals surface area contributed by atoms with Crippen molar-refractivity contribution in [3.05, 3.63) is 176 Å². The van der Waals surface area contributed by atoms with E-state index in [-0.39, 0.29) is 14.5 Å². The van der Waals surface area contributed by atoms with Crippen LogP contribution in [0, 0.1) is 0 Å². The summed E-state index contributed by atoms with van der Waals surface area (Å²) in [5.41, 5.74) is 9.95. The number of benzene rings is 8. The molecular formula is C46H29NOSe. The first-order valence-corrected chi connectivity index (χ1v) is 18.3. The van der Waals surface area contributed by atoms with Crippen LogP contribution in [0.1, 0.15) is 0 Å². The Kier molecular flexibility index (Phi) is 6.55. The molecular weight excluding hydrogens is 661 g/mol. The zero-order valence-corrected chi connectivity index (χ0v) is 28.2. The second-order valence-corrected chi connectivity index (χ2v) is 14.7. The van der Waals surface area contributed by atoms with Crippen molar-refractivity contribution in [1.29, 1.82) is 0 Å². The van der Waals surface area contributed by atoms with E-state index in [2.05, 4.69) is 169 Å². The van der Waals surface area contributed by atoms with E-state index in [1.165, 1.54) is 58.0 Å². The zero-order chi connectivity index (χ0) is 32.3. The van der Waals surface area contributed by atoms with Gasteiger partial charge in [-0.05, 0) is 0 Å². The molecule has 10 aromatic rings. The molecule has 0 saturated heterocycles. The number of fused-ring (bicyclic) bond motifs is 8. The summed E-state index contributed by atoms with van der Waals surface area (Å²) in [5.74, 6) is 0. The molecule has 0 bridgehead atoms. The summed E-state index contributed by atoms with van der Waals surface area (Å²) in [5, 5.41) is 7.56. The Morgan fingerprint density at radius 3 is 2.00 bits per heavy atom. The molecule has 0 atom stereocenters. The first-order valence-electron chi connectivity index (χ1n) is 16.6. The van der Waals surface area contributed by atoms with Crippen LogP contribution >= 0.6 is 0 Å². The summed E-state index contributed by atoms with van der Waals surface area (Å²) in [6, 6.07) is 63.6. The number of rotatable bonds is 5. The predicted molar refractivity (Wildman–Crippen MR) is 209 cm³/mol. The van der Waals surface area contributed by atoms with Crippen molar-refractivity contribution < 1.29 is 4.42 Å². The van der Waals surface area contributed by atoms with E-state index in [4.69, 9.17) is 4.42 Å². The van der Waals surface area contributed by atoms with Crippen LogP contribution in [0.5, 0.6) is 0 Å². The summed E-state index contributed by atoms with van der Waals surface area (Å²) in [6.07, 6.45) is 0. The molecule has 0 fully saturated rings. The van der Waals surface area contributed by atoms with Crippen LogP contribution in [0.4, 0.5) is 17.1 Å². The van der Waals surface area contributed by atoms with E-state index in [0.29, 0.717) is 0 Å². The minimum atomic E-state index is 0.201. The first-order chi connectivity index (χ1) is 24.3. The molecule has 49 heavy (non-hydrogen) atoms. The molecule has 0 saturated carbocycles. The molecule has 230 valence electrons. The zero-order valence-electron chi connectivity index (χ0n) is 26.5. The van der Waals surface area contributed by atoms with Crippen LogP contribution in [0.25, 0.3) is 74.3 Å². The number of furan rings is 1. The van der Waals surface area contributed by atoms with Gasteiger partial charge in [0.15, 0.2) is 0 Å². The second kappa shape index (κ2) is 11.4. The summed E-state index contributed by atoms with van der Waals surface area (Å²) < 4.78 is 9.35. The topological polar surface area (TPSA) is 16.4 Å². The van der Waals surface area contributed by atoms with Crippen LogP contribution in [0.2, 0.25) is 0 Å². The summed E-state index contributed by atoms with van der Waals surface area (Å²) in [6.45, 7) is 0. The van der Waals surface area contributed by atoms with E-state index >= 15 is 0 Å². The molecule has 0 amide bonds. The average molecular weight is 691 g/mol. The van der Waals surface area contributed by atoms with Gasteiger partial charge in [-0.25, -0.2) is 0 Å². The summed E-state index contributed by atoms with van der Waals surface area (Å²) in [7, 11) is 0. The molecule has 3 heteroatoms. The van der Waals surface area contributed by atoms with E-state index < -0.39 is 0 Å². The van der Waals surface area contributed by atoms with Crippen molar-refractivity contribution in [2.24, 2.45) is 0 Å². The Morgan fingerprint density at radius 1 is 0.429 bits per heavy atom. The van der Waals surface area contributed by atoms with Crippen LogP contribution in [0.3, 0.4) is 0 Å². The Morgan fingerprint density at radius 2 is 1.10 bits per heavy atom. The third-order valence-electron chi connectivity index (χ3n) is 9.65. The van der Waals surface area contributed by atoms with Crippen LogP contribution in [0.15, 0.2) is 180 Å². The molecule has 0 aliphatic carbocycles. The standard InChI is InChI=1S/C46H29NOSe/c1-2-12-30(13-3-1)35-17-4-5-18-36(35)32-15-10-16-33(28-32)47(34-25-27-38-37-19-6-8-22-42(37)48-43(38)29-34)41-21-11-14-31-24-26-40-39-20-7-9-23-44(39)49-46(40)45(31)41/h1-29H. The third kappa shape index (κ3) is 4.63. The van der Waals surface area contributed by atoms with Gasteiger partial charge < -0.3 is 0 Å². The number of hydrogen-bond donors (Lipinski definition) is 0. The van der Waals surface area contributed by atoms with Gasteiger partial charge in [-0.3, -0.25) is 0 Å². The summed E-state index contributed by atoms with van der Waals surface area (Å²) >= 11 is 0.201. The summed E-state index contributed by atoms with van der Waals surface area (Å²) in [4.78, 5) is 2.43. The van der Waals surface area contributed by atoms with Gasteiger partial charge in [-0.2, -0.15) is 0 Å². The van der Waals surface area contributed by atoms with Gasteiger partial charge in [0.25, 0.3) is 0 Å². The van der Waals surface area contributed by atoms with E-state index in [1.807, 2.05) is 12.1 Å². The van der Waals surface area contributed by atoms with E-state index in [9.17, 15) is 0 Å². The predicted octanol–water partition coefficient (Wildman–Crippen LogP) is 12.9. The molecule has 0 spiro atoms. The average Bonchev–Trinajstić information content (AvgIpc) is 3.74. The Bertz CT molecular complexity index is 2840. The molecule has 0 N–H and O–H groups in total. The number of para-hydroxylation sites is 1. The van der Waals surface area contributed by atoms with Crippen molar-refractivity contribution in [3.63, 3.8) is 0 Å². The molecule has 2 heterocycles. The van der Waals surface area contributed by atoms with Gasteiger partial charge in [0.2, 0.25) is 0 Å². The van der Waals surface area contributed by atoms with Crippen molar-refractivity contribution in [2.45, 2.75) is 0 Å². The molecule has 2 aromatic heterocycles. The molecule has 0 aliphatic rings.